The number of aryl methyl sites for hydroxylation is 2. The first-order valence-corrected chi connectivity index (χ1v) is 8.16. The van der Waals surface area contributed by atoms with Crippen molar-refractivity contribution < 1.29 is 14.3 Å². The highest BCUT2D eigenvalue weighted by atomic mass is 16.4. The van der Waals surface area contributed by atoms with Gasteiger partial charge in [-0.05, 0) is 38.1 Å². The van der Waals surface area contributed by atoms with Crippen LogP contribution in [0.3, 0.4) is 0 Å². The van der Waals surface area contributed by atoms with E-state index in [4.69, 9.17) is 4.42 Å². The average molecular weight is 338 g/mol. The Hall–Kier alpha value is -2.79. The summed E-state index contributed by atoms with van der Waals surface area (Å²) >= 11 is 0. The van der Waals surface area contributed by atoms with Gasteiger partial charge in [0.25, 0.3) is 0 Å². The van der Waals surface area contributed by atoms with E-state index in [0.717, 1.165) is 22.2 Å². The van der Waals surface area contributed by atoms with Crippen molar-refractivity contribution in [2.24, 2.45) is 7.05 Å². The maximum atomic E-state index is 12.1. The monoisotopic (exact) mass is 338 g/mol. The highest BCUT2D eigenvalue weighted by Crippen LogP contribution is 2.23. The average Bonchev–Trinajstić information content (AvgIpc) is 3.16. The van der Waals surface area contributed by atoms with E-state index in [-0.39, 0.29) is 12.5 Å². The summed E-state index contributed by atoms with van der Waals surface area (Å²) in [5.74, 6) is 0.886. The van der Waals surface area contributed by atoms with Crippen molar-refractivity contribution in [3.05, 3.63) is 65.8 Å². The number of aliphatic hydroxyl groups is 1. The minimum absolute atomic E-state index is 0.0681. The first kappa shape index (κ1) is 17.0. The molecule has 1 unspecified atom stereocenters. The second kappa shape index (κ2) is 6.61. The predicted molar refractivity (Wildman–Crippen MR) is 98.0 cm³/mol. The molecule has 3 rings (SSSR count). The zero-order valence-corrected chi connectivity index (χ0v) is 14.6. The molecule has 2 heterocycles. The van der Waals surface area contributed by atoms with Gasteiger partial charge in [-0.3, -0.25) is 4.79 Å². The molecule has 2 aromatic heterocycles. The first-order chi connectivity index (χ1) is 11.9. The molecule has 0 spiro atoms. The van der Waals surface area contributed by atoms with Gasteiger partial charge in [0.05, 0.1) is 6.54 Å². The second-order valence-electron chi connectivity index (χ2n) is 6.45. The van der Waals surface area contributed by atoms with Crippen molar-refractivity contribution >= 4 is 22.9 Å². The lowest BCUT2D eigenvalue weighted by Crippen LogP contribution is -2.37. The summed E-state index contributed by atoms with van der Waals surface area (Å²) < 4.78 is 7.46. The van der Waals surface area contributed by atoms with Gasteiger partial charge < -0.3 is 19.4 Å². The van der Waals surface area contributed by atoms with Crippen molar-refractivity contribution in [1.82, 2.24) is 9.88 Å². The molecule has 0 aliphatic rings. The van der Waals surface area contributed by atoms with Crippen LogP contribution in [0.25, 0.3) is 17.0 Å². The number of fused-ring (bicyclic) bond motifs is 1. The standard InChI is InChI=1S/C20H22N2O3/c1-14-8-10-18(25-14)20(2,24)13-21-19(23)11-9-15-12-22(3)17-7-5-4-6-16(15)17/h4-12,24H,13H2,1-3H3,(H,21,23). The Morgan fingerprint density at radius 3 is 2.80 bits per heavy atom. The summed E-state index contributed by atoms with van der Waals surface area (Å²) in [6, 6.07) is 11.5. The maximum absolute atomic E-state index is 12.1. The zero-order valence-electron chi connectivity index (χ0n) is 14.6. The Morgan fingerprint density at radius 1 is 1.32 bits per heavy atom. The second-order valence-corrected chi connectivity index (χ2v) is 6.45. The number of carbonyl (C=O) groups excluding carboxylic acids is 1. The highest BCUT2D eigenvalue weighted by molar-refractivity contribution is 5.96. The van der Waals surface area contributed by atoms with E-state index in [1.807, 2.05) is 49.0 Å². The quantitative estimate of drug-likeness (QED) is 0.703. The summed E-state index contributed by atoms with van der Waals surface area (Å²) in [5, 5.41) is 14.2. The number of amides is 1. The van der Waals surface area contributed by atoms with Gasteiger partial charge in [0.1, 0.15) is 17.1 Å². The third kappa shape index (κ3) is 3.67. The minimum Gasteiger partial charge on any atom is -0.463 e. The number of nitrogens with one attached hydrogen (secondary N) is 1. The minimum atomic E-state index is -1.25. The van der Waals surface area contributed by atoms with Gasteiger partial charge in [-0.1, -0.05) is 18.2 Å². The molecule has 5 nitrogen and oxygen atoms in total. The van der Waals surface area contributed by atoms with E-state index in [1.165, 1.54) is 6.08 Å². The SMILES string of the molecule is Cc1ccc(C(C)(O)CNC(=O)C=Cc2cn(C)c3ccccc23)o1. The zero-order chi connectivity index (χ0) is 18.0. The molecule has 0 radical (unpaired) electrons. The molecule has 3 aromatic rings. The van der Waals surface area contributed by atoms with Gasteiger partial charge in [0.15, 0.2) is 0 Å². The molecule has 2 N–H and O–H groups in total. The topological polar surface area (TPSA) is 67.4 Å². The number of rotatable bonds is 5. The lowest BCUT2D eigenvalue weighted by atomic mass is 10.0. The van der Waals surface area contributed by atoms with Crippen LogP contribution in [0.2, 0.25) is 0 Å². The smallest absolute Gasteiger partial charge is 0.244 e. The number of furan rings is 1. The molecule has 0 saturated carbocycles. The fourth-order valence-corrected chi connectivity index (χ4v) is 2.80. The van der Waals surface area contributed by atoms with Crippen LogP contribution < -0.4 is 5.32 Å². The maximum Gasteiger partial charge on any atom is 0.244 e. The molecule has 0 saturated heterocycles. The molecule has 0 aliphatic heterocycles. The third-order valence-corrected chi connectivity index (χ3v) is 4.22. The Morgan fingerprint density at radius 2 is 2.08 bits per heavy atom. The summed E-state index contributed by atoms with van der Waals surface area (Å²) in [4.78, 5) is 12.1. The van der Waals surface area contributed by atoms with Crippen molar-refractivity contribution in [3.63, 3.8) is 0 Å². The van der Waals surface area contributed by atoms with Crippen molar-refractivity contribution in [3.8, 4) is 0 Å². The summed E-state index contributed by atoms with van der Waals surface area (Å²) in [7, 11) is 1.97. The van der Waals surface area contributed by atoms with Crippen LogP contribution in [0.4, 0.5) is 0 Å². The fraction of sp³-hybridized carbons (Fsp3) is 0.250. The third-order valence-electron chi connectivity index (χ3n) is 4.22. The number of hydrogen-bond acceptors (Lipinski definition) is 3. The number of carbonyl (C=O) groups is 1. The van der Waals surface area contributed by atoms with Gasteiger partial charge >= 0.3 is 0 Å². The molecular formula is C20H22N2O3. The number of aromatic nitrogens is 1. The van der Waals surface area contributed by atoms with Crippen LogP contribution in [-0.2, 0) is 17.4 Å². The number of para-hydroxylation sites is 1. The van der Waals surface area contributed by atoms with E-state index in [2.05, 4.69) is 5.32 Å². The van der Waals surface area contributed by atoms with E-state index < -0.39 is 5.60 Å². The molecule has 130 valence electrons. The Labute approximate surface area is 146 Å². The molecule has 0 bridgehead atoms. The predicted octanol–water partition coefficient (Wildman–Crippen LogP) is 3.12. The Balaban J connectivity index is 1.67. The molecular weight excluding hydrogens is 316 g/mol. The van der Waals surface area contributed by atoms with E-state index in [0.29, 0.717) is 5.76 Å². The van der Waals surface area contributed by atoms with Gasteiger partial charge in [0.2, 0.25) is 5.91 Å². The first-order valence-electron chi connectivity index (χ1n) is 8.16. The van der Waals surface area contributed by atoms with Gasteiger partial charge in [-0.15, -0.1) is 0 Å². The number of benzene rings is 1. The highest BCUT2D eigenvalue weighted by Gasteiger charge is 2.27. The summed E-state index contributed by atoms with van der Waals surface area (Å²) in [6.45, 7) is 3.49. The van der Waals surface area contributed by atoms with Crippen LogP contribution in [0.15, 0.2) is 53.1 Å². The molecule has 0 aliphatic carbocycles. The number of hydrogen-bond donors (Lipinski definition) is 2. The van der Waals surface area contributed by atoms with Crippen molar-refractivity contribution in [2.45, 2.75) is 19.4 Å². The van der Waals surface area contributed by atoms with Crippen LogP contribution in [-0.4, -0.2) is 22.1 Å². The summed E-state index contributed by atoms with van der Waals surface area (Å²) in [5.41, 5.74) is 0.831. The van der Waals surface area contributed by atoms with Crippen LogP contribution in [0.1, 0.15) is 24.0 Å². The molecule has 1 amide bonds. The fourth-order valence-electron chi connectivity index (χ4n) is 2.80. The lowest BCUT2D eigenvalue weighted by Gasteiger charge is -2.20. The van der Waals surface area contributed by atoms with Crippen molar-refractivity contribution in [2.75, 3.05) is 6.54 Å². The van der Waals surface area contributed by atoms with Crippen LogP contribution >= 0.6 is 0 Å². The lowest BCUT2D eigenvalue weighted by molar-refractivity contribution is -0.117. The van der Waals surface area contributed by atoms with Crippen LogP contribution in [0, 0.1) is 6.92 Å². The van der Waals surface area contributed by atoms with E-state index in [1.54, 1.807) is 25.1 Å². The normalized spacial score (nSPS) is 14.1. The molecule has 5 heteroatoms. The van der Waals surface area contributed by atoms with Crippen molar-refractivity contribution in [1.29, 1.82) is 0 Å². The molecule has 1 atom stereocenters. The molecule has 1 aromatic carbocycles. The largest absolute Gasteiger partial charge is 0.463 e. The van der Waals surface area contributed by atoms with Gasteiger partial charge in [-0.2, -0.15) is 0 Å². The van der Waals surface area contributed by atoms with E-state index >= 15 is 0 Å². The van der Waals surface area contributed by atoms with Gasteiger partial charge in [0, 0.05) is 35.8 Å². The molecule has 0 fully saturated rings. The number of nitrogens with zero attached hydrogens (tertiary/aromatic N) is 1. The van der Waals surface area contributed by atoms with E-state index in [9.17, 15) is 9.90 Å². The van der Waals surface area contributed by atoms with Crippen LogP contribution in [0.5, 0.6) is 0 Å². The molecule has 25 heavy (non-hydrogen) atoms. The van der Waals surface area contributed by atoms with Gasteiger partial charge in [-0.25, -0.2) is 0 Å². The Bertz CT molecular complexity index is 931. The summed E-state index contributed by atoms with van der Waals surface area (Å²) in [6.07, 6.45) is 5.24. The Kier molecular flexibility index (Phi) is 4.51.